The minimum atomic E-state index is -0.631. The van der Waals surface area contributed by atoms with Crippen molar-refractivity contribution < 1.29 is 14.5 Å². The van der Waals surface area contributed by atoms with Gasteiger partial charge >= 0.3 is 0 Å². The van der Waals surface area contributed by atoms with E-state index < -0.39 is 10.8 Å². The van der Waals surface area contributed by atoms with Crippen LogP contribution >= 0.6 is 23.2 Å². The molecular formula is C27H17Cl2N3O4. The fourth-order valence-corrected chi connectivity index (χ4v) is 3.83. The van der Waals surface area contributed by atoms with Crippen molar-refractivity contribution in [2.75, 3.05) is 5.32 Å². The Morgan fingerprint density at radius 3 is 2.58 bits per heavy atom. The fourth-order valence-electron chi connectivity index (χ4n) is 3.54. The molecule has 4 aromatic rings. The van der Waals surface area contributed by atoms with Crippen molar-refractivity contribution in [1.29, 1.82) is 5.26 Å². The van der Waals surface area contributed by atoms with Gasteiger partial charge in [0.05, 0.1) is 15.0 Å². The molecule has 0 fully saturated rings. The van der Waals surface area contributed by atoms with Crippen LogP contribution in [0.1, 0.15) is 11.1 Å². The van der Waals surface area contributed by atoms with Gasteiger partial charge in [-0.1, -0.05) is 65.7 Å². The average molecular weight is 518 g/mol. The Labute approximate surface area is 216 Å². The molecule has 0 bridgehead atoms. The van der Waals surface area contributed by atoms with Gasteiger partial charge in [-0.2, -0.15) is 5.26 Å². The Kier molecular flexibility index (Phi) is 7.50. The van der Waals surface area contributed by atoms with Crippen LogP contribution in [0.3, 0.4) is 0 Å². The van der Waals surface area contributed by atoms with Crippen molar-refractivity contribution >= 4 is 57.3 Å². The number of rotatable bonds is 7. The van der Waals surface area contributed by atoms with E-state index in [2.05, 4.69) is 5.32 Å². The van der Waals surface area contributed by atoms with Crippen LogP contribution in [0.15, 0.2) is 84.4 Å². The van der Waals surface area contributed by atoms with Crippen LogP contribution in [-0.2, 0) is 11.4 Å². The molecular weight excluding hydrogens is 501 g/mol. The summed E-state index contributed by atoms with van der Waals surface area (Å²) in [7, 11) is 0. The van der Waals surface area contributed by atoms with Crippen molar-refractivity contribution in [1.82, 2.24) is 0 Å². The molecule has 0 spiro atoms. The largest absolute Gasteiger partial charge is 0.488 e. The Morgan fingerprint density at radius 2 is 1.83 bits per heavy atom. The first-order chi connectivity index (χ1) is 17.4. The van der Waals surface area contributed by atoms with Crippen LogP contribution in [0.4, 0.5) is 11.4 Å². The third-order valence-electron chi connectivity index (χ3n) is 5.28. The summed E-state index contributed by atoms with van der Waals surface area (Å²) >= 11 is 12.0. The summed E-state index contributed by atoms with van der Waals surface area (Å²) in [6.07, 6.45) is 1.46. The highest BCUT2D eigenvalue weighted by atomic mass is 35.5. The van der Waals surface area contributed by atoms with E-state index in [1.165, 1.54) is 24.3 Å². The molecule has 0 atom stereocenters. The second kappa shape index (κ2) is 10.9. The first-order valence-corrected chi connectivity index (χ1v) is 11.4. The van der Waals surface area contributed by atoms with Crippen LogP contribution in [0.2, 0.25) is 10.0 Å². The summed E-state index contributed by atoms with van der Waals surface area (Å²) in [6.45, 7) is 0.0538. The van der Waals surface area contributed by atoms with E-state index >= 15 is 0 Å². The van der Waals surface area contributed by atoms with Crippen LogP contribution in [0.25, 0.3) is 16.8 Å². The number of nitrogens with zero attached hydrogens (tertiary/aromatic N) is 2. The van der Waals surface area contributed by atoms with E-state index in [-0.39, 0.29) is 22.9 Å². The second-order valence-corrected chi connectivity index (χ2v) is 8.48. The number of fused-ring (bicyclic) bond motifs is 1. The number of non-ortho nitro benzene ring substituents is 1. The number of amides is 1. The predicted molar refractivity (Wildman–Crippen MR) is 140 cm³/mol. The SMILES string of the molecule is N#C/C(=C\c1c(OCc2cccc([N+](=O)[O-])c2)ccc2ccccc12)C(=O)Nc1ccc(Cl)c(Cl)c1. The zero-order valence-electron chi connectivity index (χ0n) is 18.6. The molecule has 0 aliphatic heterocycles. The second-order valence-electron chi connectivity index (χ2n) is 7.67. The molecule has 0 unspecified atom stereocenters. The molecule has 1 N–H and O–H groups in total. The number of nitrogens with one attached hydrogen (secondary N) is 1. The zero-order chi connectivity index (χ0) is 25.7. The quantitative estimate of drug-likeness (QED) is 0.121. The van der Waals surface area contributed by atoms with Gasteiger partial charge in [0.2, 0.25) is 0 Å². The van der Waals surface area contributed by atoms with Crippen molar-refractivity contribution in [3.63, 3.8) is 0 Å². The maximum Gasteiger partial charge on any atom is 0.269 e. The van der Waals surface area contributed by atoms with E-state index in [1.54, 1.807) is 30.3 Å². The molecule has 4 rings (SSSR count). The molecule has 4 aromatic carbocycles. The number of nitro benzene ring substituents is 1. The summed E-state index contributed by atoms with van der Waals surface area (Å²) < 4.78 is 6.00. The first-order valence-electron chi connectivity index (χ1n) is 10.6. The van der Waals surface area contributed by atoms with Gasteiger partial charge in [0.1, 0.15) is 24.0 Å². The Morgan fingerprint density at radius 1 is 1.03 bits per heavy atom. The fraction of sp³-hybridized carbons (Fsp3) is 0.0370. The lowest BCUT2D eigenvalue weighted by Crippen LogP contribution is -2.13. The lowest BCUT2D eigenvalue weighted by molar-refractivity contribution is -0.384. The average Bonchev–Trinajstić information content (AvgIpc) is 2.88. The number of nitriles is 1. The molecule has 0 aliphatic carbocycles. The number of anilines is 1. The summed E-state index contributed by atoms with van der Waals surface area (Å²) in [5.74, 6) is -0.219. The number of halogens is 2. The molecule has 0 heterocycles. The van der Waals surface area contributed by atoms with Crippen LogP contribution < -0.4 is 10.1 Å². The maximum atomic E-state index is 12.9. The highest BCUT2D eigenvalue weighted by Crippen LogP contribution is 2.32. The minimum Gasteiger partial charge on any atom is -0.488 e. The predicted octanol–water partition coefficient (Wildman–Crippen LogP) is 7.18. The number of hydrogen-bond donors (Lipinski definition) is 1. The first kappa shape index (κ1) is 24.7. The van der Waals surface area contributed by atoms with Gasteiger partial charge in [0, 0.05) is 23.4 Å². The lowest BCUT2D eigenvalue weighted by Gasteiger charge is -2.13. The molecule has 9 heteroatoms. The highest BCUT2D eigenvalue weighted by Gasteiger charge is 2.15. The normalized spacial score (nSPS) is 11.1. The number of benzene rings is 4. The molecule has 36 heavy (non-hydrogen) atoms. The van der Waals surface area contributed by atoms with Gasteiger partial charge in [0.15, 0.2) is 0 Å². The molecule has 0 saturated heterocycles. The standard InChI is InChI=1S/C27H17Cl2N3O4/c28-24-10-9-20(14-25(24)29)31-27(33)19(15-30)13-23-22-7-2-1-5-18(22)8-11-26(23)36-16-17-4-3-6-21(12-17)32(34)35/h1-14H,16H2,(H,31,33)/b19-13+. The van der Waals surface area contributed by atoms with Crippen molar-refractivity contribution in [3.8, 4) is 11.8 Å². The van der Waals surface area contributed by atoms with Crippen molar-refractivity contribution in [3.05, 3.63) is 116 Å². The molecule has 7 nitrogen and oxygen atoms in total. The molecule has 0 aromatic heterocycles. The number of nitro groups is 1. The smallest absolute Gasteiger partial charge is 0.269 e. The topological polar surface area (TPSA) is 105 Å². The van der Waals surface area contributed by atoms with Crippen LogP contribution in [0.5, 0.6) is 5.75 Å². The third kappa shape index (κ3) is 5.63. The zero-order valence-corrected chi connectivity index (χ0v) is 20.1. The number of hydrogen-bond acceptors (Lipinski definition) is 5. The molecule has 0 aliphatic rings. The van der Waals surface area contributed by atoms with Gasteiger partial charge in [-0.15, -0.1) is 0 Å². The van der Waals surface area contributed by atoms with Gasteiger partial charge in [-0.25, -0.2) is 0 Å². The Bertz CT molecular complexity index is 1560. The lowest BCUT2D eigenvalue weighted by atomic mass is 10.0. The van der Waals surface area contributed by atoms with Crippen molar-refractivity contribution in [2.45, 2.75) is 6.61 Å². The van der Waals surface area contributed by atoms with Crippen LogP contribution in [0, 0.1) is 21.4 Å². The third-order valence-corrected chi connectivity index (χ3v) is 6.02. The Hall–Kier alpha value is -4.38. The van der Waals surface area contributed by atoms with E-state index in [0.29, 0.717) is 27.6 Å². The summed E-state index contributed by atoms with van der Waals surface area (Å²) in [6, 6.07) is 23.7. The van der Waals surface area contributed by atoms with Gasteiger partial charge in [0.25, 0.3) is 11.6 Å². The van der Waals surface area contributed by atoms with Crippen molar-refractivity contribution in [2.24, 2.45) is 0 Å². The maximum absolute atomic E-state index is 12.9. The monoisotopic (exact) mass is 517 g/mol. The number of ether oxygens (including phenoxy) is 1. The molecule has 1 amide bonds. The summed E-state index contributed by atoms with van der Waals surface area (Å²) in [5.41, 5.74) is 1.32. The highest BCUT2D eigenvalue weighted by molar-refractivity contribution is 6.42. The number of carbonyl (C=O) groups excluding carboxylic acids is 1. The number of carbonyl (C=O) groups is 1. The van der Waals surface area contributed by atoms with E-state index in [9.17, 15) is 20.2 Å². The van der Waals surface area contributed by atoms with Gasteiger partial charge in [-0.05, 0) is 46.7 Å². The summed E-state index contributed by atoms with van der Waals surface area (Å²) in [4.78, 5) is 23.5. The van der Waals surface area contributed by atoms with Gasteiger partial charge < -0.3 is 10.1 Å². The van der Waals surface area contributed by atoms with Crippen LogP contribution in [-0.4, -0.2) is 10.8 Å². The van der Waals surface area contributed by atoms with E-state index in [0.717, 1.165) is 10.8 Å². The molecule has 178 valence electrons. The molecule has 0 radical (unpaired) electrons. The minimum absolute atomic E-state index is 0.0412. The van der Waals surface area contributed by atoms with E-state index in [1.807, 2.05) is 36.4 Å². The van der Waals surface area contributed by atoms with E-state index in [4.69, 9.17) is 27.9 Å². The summed E-state index contributed by atoms with van der Waals surface area (Å²) in [5, 5.41) is 25.7. The Balaban J connectivity index is 1.69. The molecule has 0 saturated carbocycles. The van der Waals surface area contributed by atoms with Gasteiger partial charge in [-0.3, -0.25) is 14.9 Å².